The SMILES string of the molecule is COC(C)C(=O)NC(C)c1cccc(N)c1. The van der Waals surface area contributed by atoms with Gasteiger partial charge in [-0.15, -0.1) is 0 Å². The van der Waals surface area contributed by atoms with Gasteiger partial charge in [0.25, 0.3) is 0 Å². The van der Waals surface area contributed by atoms with Crippen LogP contribution < -0.4 is 11.1 Å². The summed E-state index contributed by atoms with van der Waals surface area (Å²) in [5.41, 5.74) is 7.35. The number of methoxy groups -OCH3 is 1. The van der Waals surface area contributed by atoms with Crippen LogP contribution in [0.15, 0.2) is 24.3 Å². The summed E-state index contributed by atoms with van der Waals surface area (Å²) >= 11 is 0. The zero-order chi connectivity index (χ0) is 12.1. The average molecular weight is 222 g/mol. The Balaban J connectivity index is 2.65. The molecule has 0 spiro atoms. The second-order valence-corrected chi connectivity index (χ2v) is 3.78. The van der Waals surface area contributed by atoms with Gasteiger partial charge in [0, 0.05) is 12.8 Å². The number of rotatable bonds is 4. The molecular formula is C12H18N2O2. The zero-order valence-electron chi connectivity index (χ0n) is 9.86. The van der Waals surface area contributed by atoms with E-state index in [9.17, 15) is 4.79 Å². The van der Waals surface area contributed by atoms with E-state index in [4.69, 9.17) is 10.5 Å². The molecule has 0 aliphatic carbocycles. The van der Waals surface area contributed by atoms with Crippen LogP contribution in [0.25, 0.3) is 0 Å². The number of amides is 1. The molecule has 1 amide bonds. The Labute approximate surface area is 95.8 Å². The molecule has 1 rings (SSSR count). The Morgan fingerprint density at radius 2 is 2.12 bits per heavy atom. The number of ether oxygens (including phenoxy) is 1. The van der Waals surface area contributed by atoms with E-state index in [0.717, 1.165) is 5.56 Å². The van der Waals surface area contributed by atoms with Crippen LogP contribution in [0.2, 0.25) is 0 Å². The van der Waals surface area contributed by atoms with E-state index in [0.29, 0.717) is 5.69 Å². The molecule has 4 heteroatoms. The van der Waals surface area contributed by atoms with Gasteiger partial charge in [-0.2, -0.15) is 0 Å². The van der Waals surface area contributed by atoms with E-state index < -0.39 is 6.10 Å². The van der Waals surface area contributed by atoms with Crippen molar-refractivity contribution in [3.63, 3.8) is 0 Å². The summed E-state index contributed by atoms with van der Waals surface area (Å²) < 4.78 is 4.94. The largest absolute Gasteiger partial charge is 0.399 e. The molecule has 0 radical (unpaired) electrons. The van der Waals surface area contributed by atoms with Crippen LogP contribution in [0, 0.1) is 0 Å². The van der Waals surface area contributed by atoms with E-state index in [1.54, 1.807) is 6.92 Å². The van der Waals surface area contributed by atoms with Crippen molar-refractivity contribution in [3.8, 4) is 0 Å². The van der Waals surface area contributed by atoms with E-state index in [-0.39, 0.29) is 11.9 Å². The molecule has 3 N–H and O–H groups in total. The van der Waals surface area contributed by atoms with Gasteiger partial charge in [0.15, 0.2) is 0 Å². The fourth-order valence-electron chi connectivity index (χ4n) is 1.35. The van der Waals surface area contributed by atoms with E-state index >= 15 is 0 Å². The summed E-state index contributed by atoms with van der Waals surface area (Å²) in [6.07, 6.45) is -0.441. The zero-order valence-corrected chi connectivity index (χ0v) is 9.86. The minimum absolute atomic E-state index is 0.0754. The third-order valence-corrected chi connectivity index (χ3v) is 2.49. The maximum atomic E-state index is 11.6. The van der Waals surface area contributed by atoms with Gasteiger partial charge in [0.05, 0.1) is 6.04 Å². The highest BCUT2D eigenvalue weighted by Crippen LogP contribution is 2.15. The molecule has 0 aromatic heterocycles. The molecular weight excluding hydrogens is 204 g/mol. The van der Waals surface area contributed by atoms with E-state index in [2.05, 4.69) is 5.32 Å². The molecule has 2 unspecified atom stereocenters. The lowest BCUT2D eigenvalue weighted by Gasteiger charge is -2.17. The third kappa shape index (κ3) is 3.24. The third-order valence-electron chi connectivity index (χ3n) is 2.49. The maximum Gasteiger partial charge on any atom is 0.249 e. The highest BCUT2D eigenvalue weighted by molar-refractivity contribution is 5.80. The second-order valence-electron chi connectivity index (χ2n) is 3.78. The van der Waals surface area contributed by atoms with Crippen molar-refractivity contribution >= 4 is 11.6 Å². The standard InChI is InChI=1S/C12H18N2O2/c1-8(14-12(15)9(2)16-3)10-5-4-6-11(13)7-10/h4-9H,13H2,1-3H3,(H,14,15). The van der Waals surface area contributed by atoms with Gasteiger partial charge in [-0.3, -0.25) is 4.79 Å². The Hall–Kier alpha value is -1.55. The first kappa shape index (κ1) is 12.5. The van der Waals surface area contributed by atoms with Crippen molar-refractivity contribution in [2.24, 2.45) is 0 Å². The summed E-state index contributed by atoms with van der Waals surface area (Å²) in [7, 11) is 1.51. The fraction of sp³-hybridized carbons (Fsp3) is 0.417. The molecule has 0 saturated carbocycles. The minimum Gasteiger partial charge on any atom is -0.399 e. The monoisotopic (exact) mass is 222 g/mol. The lowest BCUT2D eigenvalue weighted by Crippen LogP contribution is -2.35. The first-order valence-corrected chi connectivity index (χ1v) is 5.23. The van der Waals surface area contributed by atoms with Crippen LogP contribution in [0.1, 0.15) is 25.5 Å². The molecule has 0 aliphatic heterocycles. The number of anilines is 1. The van der Waals surface area contributed by atoms with Crippen molar-refractivity contribution in [2.75, 3.05) is 12.8 Å². The topological polar surface area (TPSA) is 64.3 Å². The quantitative estimate of drug-likeness (QED) is 0.758. The maximum absolute atomic E-state index is 11.6. The Morgan fingerprint density at radius 1 is 1.44 bits per heavy atom. The van der Waals surface area contributed by atoms with Gasteiger partial charge < -0.3 is 15.8 Å². The van der Waals surface area contributed by atoms with Crippen molar-refractivity contribution in [1.29, 1.82) is 0 Å². The predicted molar refractivity (Wildman–Crippen MR) is 63.9 cm³/mol. The summed E-state index contributed by atoms with van der Waals surface area (Å²) in [6, 6.07) is 7.39. The summed E-state index contributed by atoms with van der Waals surface area (Å²) in [5, 5.41) is 2.85. The second kappa shape index (κ2) is 5.51. The minimum atomic E-state index is -0.441. The molecule has 0 fully saturated rings. The lowest BCUT2D eigenvalue weighted by atomic mass is 10.1. The molecule has 2 atom stereocenters. The molecule has 1 aromatic rings. The number of carbonyl (C=O) groups is 1. The molecule has 88 valence electrons. The number of hydrogen-bond acceptors (Lipinski definition) is 3. The molecule has 4 nitrogen and oxygen atoms in total. The summed E-state index contributed by atoms with van der Waals surface area (Å²) in [6.45, 7) is 3.62. The van der Waals surface area contributed by atoms with Gasteiger partial charge in [0.1, 0.15) is 6.10 Å². The van der Waals surface area contributed by atoms with Gasteiger partial charge in [0.2, 0.25) is 5.91 Å². The van der Waals surface area contributed by atoms with Gasteiger partial charge in [-0.05, 0) is 31.5 Å². The van der Waals surface area contributed by atoms with Crippen LogP contribution in [-0.4, -0.2) is 19.1 Å². The number of hydrogen-bond donors (Lipinski definition) is 2. The van der Waals surface area contributed by atoms with Crippen LogP contribution in [0.5, 0.6) is 0 Å². The van der Waals surface area contributed by atoms with Gasteiger partial charge in [-0.1, -0.05) is 12.1 Å². The smallest absolute Gasteiger partial charge is 0.249 e. The normalized spacial score (nSPS) is 14.2. The number of carbonyl (C=O) groups excluding carboxylic acids is 1. The van der Waals surface area contributed by atoms with Crippen LogP contribution in [-0.2, 0) is 9.53 Å². The molecule has 16 heavy (non-hydrogen) atoms. The predicted octanol–water partition coefficient (Wildman–Crippen LogP) is 1.48. The average Bonchev–Trinajstić information content (AvgIpc) is 2.27. The number of benzene rings is 1. The molecule has 0 aliphatic rings. The molecule has 1 aromatic carbocycles. The molecule has 0 saturated heterocycles. The van der Waals surface area contributed by atoms with Crippen molar-refractivity contribution in [1.82, 2.24) is 5.32 Å². The number of nitrogen functional groups attached to an aromatic ring is 1. The van der Waals surface area contributed by atoms with Crippen LogP contribution >= 0.6 is 0 Å². The lowest BCUT2D eigenvalue weighted by molar-refractivity contribution is -0.130. The Morgan fingerprint density at radius 3 is 2.69 bits per heavy atom. The highest BCUT2D eigenvalue weighted by Gasteiger charge is 2.15. The molecule has 0 heterocycles. The van der Waals surface area contributed by atoms with Crippen molar-refractivity contribution in [2.45, 2.75) is 26.0 Å². The first-order chi connectivity index (χ1) is 7.54. The first-order valence-electron chi connectivity index (χ1n) is 5.23. The Bertz CT molecular complexity index is 366. The Kier molecular flexibility index (Phi) is 4.31. The fourth-order valence-corrected chi connectivity index (χ4v) is 1.35. The summed E-state index contributed by atoms with van der Waals surface area (Å²) in [5.74, 6) is -0.127. The van der Waals surface area contributed by atoms with E-state index in [1.165, 1.54) is 7.11 Å². The van der Waals surface area contributed by atoms with Gasteiger partial charge >= 0.3 is 0 Å². The van der Waals surface area contributed by atoms with Crippen LogP contribution in [0.4, 0.5) is 5.69 Å². The van der Waals surface area contributed by atoms with Crippen LogP contribution in [0.3, 0.4) is 0 Å². The summed E-state index contributed by atoms with van der Waals surface area (Å²) in [4.78, 5) is 11.6. The van der Waals surface area contributed by atoms with E-state index in [1.807, 2.05) is 31.2 Å². The highest BCUT2D eigenvalue weighted by atomic mass is 16.5. The molecule has 0 bridgehead atoms. The number of nitrogens with two attached hydrogens (primary N) is 1. The van der Waals surface area contributed by atoms with Crippen molar-refractivity contribution < 1.29 is 9.53 Å². The van der Waals surface area contributed by atoms with Crippen molar-refractivity contribution in [3.05, 3.63) is 29.8 Å². The number of nitrogens with one attached hydrogen (secondary N) is 1. The van der Waals surface area contributed by atoms with Gasteiger partial charge in [-0.25, -0.2) is 0 Å².